The number of thiazole rings is 1. The van der Waals surface area contributed by atoms with Gasteiger partial charge in [-0.05, 0) is 37.8 Å². The lowest BCUT2D eigenvalue weighted by molar-refractivity contribution is -0.134. The summed E-state index contributed by atoms with van der Waals surface area (Å²) in [6.45, 7) is 4.78. The van der Waals surface area contributed by atoms with Crippen molar-refractivity contribution in [3.05, 3.63) is 46.5 Å². The van der Waals surface area contributed by atoms with Crippen LogP contribution in [0.4, 0.5) is 5.13 Å². The molecule has 2 fully saturated rings. The molecule has 1 aromatic heterocycles. The minimum absolute atomic E-state index is 0.0550. The first-order valence-electron chi connectivity index (χ1n) is 11.2. The van der Waals surface area contributed by atoms with Crippen molar-refractivity contribution in [3.8, 4) is 0 Å². The average Bonchev–Trinajstić information content (AvgIpc) is 3.53. The maximum Gasteiger partial charge on any atom is 0.255 e. The van der Waals surface area contributed by atoms with Gasteiger partial charge >= 0.3 is 0 Å². The second-order valence-corrected chi connectivity index (χ2v) is 9.48. The first-order valence-corrected chi connectivity index (χ1v) is 12.0. The molecule has 5 rings (SSSR count). The normalized spacial score (nSPS) is 20.8. The molecule has 1 saturated carbocycles. The number of hydrogen-bond donors (Lipinski definition) is 1. The molecule has 1 unspecified atom stereocenters. The van der Waals surface area contributed by atoms with Crippen LogP contribution >= 0.6 is 11.3 Å². The van der Waals surface area contributed by atoms with Gasteiger partial charge in [0.1, 0.15) is 6.04 Å². The Bertz CT molecular complexity index is 1050. The Morgan fingerprint density at radius 3 is 2.72 bits per heavy atom. The van der Waals surface area contributed by atoms with E-state index in [1.54, 1.807) is 22.3 Å². The molecule has 0 spiro atoms. The van der Waals surface area contributed by atoms with Crippen molar-refractivity contribution in [1.82, 2.24) is 20.1 Å². The molecular formula is C23H27N5O3S. The highest BCUT2D eigenvalue weighted by Gasteiger charge is 2.47. The van der Waals surface area contributed by atoms with E-state index in [0.717, 1.165) is 48.7 Å². The second-order valence-electron chi connectivity index (χ2n) is 8.64. The number of hydrogen-bond acceptors (Lipinski definition) is 6. The Balaban J connectivity index is 1.20. The number of carbonyl (C=O) groups excluding carboxylic acids is 3. The topological polar surface area (TPSA) is 85.8 Å². The van der Waals surface area contributed by atoms with Crippen LogP contribution < -0.4 is 10.2 Å². The zero-order valence-corrected chi connectivity index (χ0v) is 18.9. The van der Waals surface area contributed by atoms with E-state index in [9.17, 15) is 14.4 Å². The summed E-state index contributed by atoms with van der Waals surface area (Å²) in [6, 6.07) is 6.76. The third-order valence-electron chi connectivity index (χ3n) is 6.33. The van der Waals surface area contributed by atoms with Gasteiger partial charge in [-0.15, -0.1) is 11.3 Å². The van der Waals surface area contributed by atoms with E-state index in [-0.39, 0.29) is 30.3 Å². The van der Waals surface area contributed by atoms with E-state index >= 15 is 0 Å². The van der Waals surface area contributed by atoms with Crippen molar-refractivity contribution >= 4 is 34.2 Å². The van der Waals surface area contributed by atoms with E-state index < -0.39 is 6.04 Å². The van der Waals surface area contributed by atoms with E-state index in [1.165, 1.54) is 0 Å². The summed E-state index contributed by atoms with van der Waals surface area (Å²) in [6.07, 6.45) is 2.70. The lowest BCUT2D eigenvalue weighted by Crippen LogP contribution is -2.45. The maximum absolute atomic E-state index is 13.1. The molecule has 2 aliphatic heterocycles. The van der Waals surface area contributed by atoms with Gasteiger partial charge in [0, 0.05) is 43.2 Å². The molecule has 8 nitrogen and oxygen atoms in total. The van der Waals surface area contributed by atoms with E-state index in [4.69, 9.17) is 0 Å². The Kier molecular flexibility index (Phi) is 5.58. The molecule has 1 aliphatic carbocycles. The zero-order valence-electron chi connectivity index (χ0n) is 18.1. The largest absolute Gasteiger partial charge is 0.346 e. The van der Waals surface area contributed by atoms with Gasteiger partial charge in [0.15, 0.2) is 5.13 Å². The highest BCUT2D eigenvalue weighted by atomic mass is 32.1. The van der Waals surface area contributed by atoms with Crippen molar-refractivity contribution < 1.29 is 14.4 Å². The molecule has 1 atom stereocenters. The number of rotatable bonds is 5. The highest BCUT2D eigenvalue weighted by Crippen LogP contribution is 2.41. The second kappa shape index (κ2) is 8.54. The Morgan fingerprint density at radius 2 is 1.97 bits per heavy atom. The quantitative estimate of drug-likeness (QED) is 0.748. The maximum atomic E-state index is 13.1. The molecule has 3 aliphatic rings. The first-order chi connectivity index (χ1) is 15.5. The standard InChI is InChI=1S/C23H27N5O3S/c1-15-14-32-23(25-15)27-10-4-9-26(11-12-27)19(29)13-24-21(30)20-17-5-2-3-6-18(17)22(31)28(20)16-7-8-16/h2-3,5-6,14,16,20H,4,7-13H2,1H3,(H,24,30). The van der Waals surface area contributed by atoms with Gasteiger partial charge < -0.3 is 20.0 Å². The van der Waals surface area contributed by atoms with Crippen molar-refractivity contribution in [2.75, 3.05) is 37.6 Å². The number of carbonyl (C=O) groups is 3. The Morgan fingerprint density at radius 1 is 1.16 bits per heavy atom. The van der Waals surface area contributed by atoms with Crippen LogP contribution in [0.25, 0.3) is 0 Å². The predicted molar refractivity (Wildman–Crippen MR) is 122 cm³/mol. The number of benzene rings is 1. The monoisotopic (exact) mass is 453 g/mol. The van der Waals surface area contributed by atoms with Crippen LogP contribution in [-0.4, -0.2) is 71.3 Å². The van der Waals surface area contributed by atoms with Crippen LogP contribution in [0.1, 0.15) is 46.9 Å². The number of amides is 3. The van der Waals surface area contributed by atoms with Gasteiger partial charge in [0.25, 0.3) is 5.91 Å². The summed E-state index contributed by atoms with van der Waals surface area (Å²) >= 11 is 1.63. The summed E-state index contributed by atoms with van der Waals surface area (Å²) in [5, 5.41) is 5.85. The molecule has 0 bridgehead atoms. The molecule has 0 radical (unpaired) electrons. The van der Waals surface area contributed by atoms with Crippen molar-refractivity contribution in [2.45, 2.75) is 38.3 Å². The molecule has 3 amide bonds. The summed E-state index contributed by atoms with van der Waals surface area (Å²) in [7, 11) is 0. The molecule has 9 heteroatoms. The average molecular weight is 454 g/mol. The van der Waals surface area contributed by atoms with Gasteiger partial charge in [0.2, 0.25) is 11.8 Å². The lowest BCUT2D eigenvalue weighted by atomic mass is 10.0. The van der Waals surface area contributed by atoms with Gasteiger partial charge in [-0.25, -0.2) is 4.98 Å². The van der Waals surface area contributed by atoms with Crippen molar-refractivity contribution in [3.63, 3.8) is 0 Å². The van der Waals surface area contributed by atoms with Crippen LogP contribution in [0.2, 0.25) is 0 Å². The molecule has 2 aromatic rings. The number of aryl methyl sites for hydroxylation is 1. The smallest absolute Gasteiger partial charge is 0.255 e. The summed E-state index contributed by atoms with van der Waals surface area (Å²) < 4.78 is 0. The molecular weight excluding hydrogens is 426 g/mol. The van der Waals surface area contributed by atoms with Crippen molar-refractivity contribution in [2.24, 2.45) is 0 Å². The van der Waals surface area contributed by atoms with Crippen LogP contribution in [0.15, 0.2) is 29.6 Å². The number of aromatic nitrogens is 1. The fourth-order valence-electron chi connectivity index (χ4n) is 4.55. The zero-order chi connectivity index (χ0) is 22.2. The first kappa shape index (κ1) is 20.9. The van der Waals surface area contributed by atoms with Crippen LogP contribution in [0, 0.1) is 6.92 Å². The summed E-state index contributed by atoms with van der Waals surface area (Å²) in [4.78, 5) is 49.1. The number of nitrogens with zero attached hydrogens (tertiary/aromatic N) is 4. The van der Waals surface area contributed by atoms with Gasteiger partial charge in [-0.3, -0.25) is 14.4 Å². The number of fused-ring (bicyclic) bond motifs is 1. The van der Waals surface area contributed by atoms with Gasteiger partial charge in [-0.1, -0.05) is 18.2 Å². The van der Waals surface area contributed by atoms with Crippen molar-refractivity contribution in [1.29, 1.82) is 0 Å². The fourth-order valence-corrected chi connectivity index (χ4v) is 5.41. The Labute approximate surface area is 191 Å². The Hall–Kier alpha value is -2.94. The summed E-state index contributed by atoms with van der Waals surface area (Å²) in [5.41, 5.74) is 2.34. The summed E-state index contributed by atoms with van der Waals surface area (Å²) in [5.74, 6) is -0.455. The molecule has 1 saturated heterocycles. The van der Waals surface area contributed by atoms with Crippen LogP contribution in [0.3, 0.4) is 0 Å². The number of nitrogens with one attached hydrogen (secondary N) is 1. The molecule has 3 heterocycles. The minimum atomic E-state index is -0.647. The highest BCUT2D eigenvalue weighted by molar-refractivity contribution is 7.13. The third-order valence-corrected chi connectivity index (χ3v) is 7.35. The lowest BCUT2D eigenvalue weighted by Gasteiger charge is -2.25. The fraction of sp³-hybridized carbons (Fsp3) is 0.478. The van der Waals surface area contributed by atoms with Crippen LogP contribution in [0.5, 0.6) is 0 Å². The molecule has 168 valence electrons. The van der Waals surface area contributed by atoms with Crippen LogP contribution in [-0.2, 0) is 9.59 Å². The SMILES string of the molecule is Cc1csc(N2CCCN(C(=O)CNC(=O)C3c4ccccc4C(=O)N3C3CC3)CC2)n1. The minimum Gasteiger partial charge on any atom is -0.346 e. The molecule has 1 aromatic carbocycles. The van der Waals surface area contributed by atoms with Gasteiger partial charge in [-0.2, -0.15) is 0 Å². The van der Waals surface area contributed by atoms with E-state index in [0.29, 0.717) is 18.7 Å². The number of anilines is 1. The van der Waals surface area contributed by atoms with E-state index in [1.807, 2.05) is 35.4 Å². The molecule has 1 N–H and O–H groups in total. The predicted octanol–water partition coefficient (Wildman–Crippen LogP) is 1.97. The molecule has 32 heavy (non-hydrogen) atoms. The third kappa shape index (κ3) is 3.97. The van der Waals surface area contributed by atoms with Gasteiger partial charge in [0.05, 0.1) is 12.2 Å². The van der Waals surface area contributed by atoms with E-state index in [2.05, 4.69) is 15.2 Å².